The SMILES string of the molecule is CC(=O)OC[C@]1([N+](=O)[O-])CN(C)C[C@@H]1c1ccc(C)cc1. The molecule has 114 valence electrons. The minimum Gasteiger partial charge on any atom is -0.458 e. The number of nitrogens with zero attached hydrogens (tertiary/aromatic N) is 2. The second-order valence-corrected chi connectivity index (χ2v) is 5.80. The molecule has 0 aromatic heterocycles. The Kier molecular flexibility index (Phi) is 4.27. The van der Waals surface area contributed by atoms with Crippen LogP contribution in [0.3, 0.4) is 0 Å². The van der Waals surface area contributed by atoms with Gasteiger partial charge in [-0.3, -0.25) is 19.8 Å². The zero-order chi connectivity index (χ0) is 15.6. The number of aryl methyl sites for hydroxylation is 1. The Morgan fingerprint density at radius 1 is 1.48 bits per heavy atom. The molecule has 1 aliphatic rings. The molecule has 6 heteroatoms. The van der Waals surface area contributed by atoms with E-state index in [1.165, 1.54) is 6.92 Å². The number of carbonyl (C=O) groups is 1. The van der Waals surface area contributed by atoms with Crippen molar-refractivity contribution in [1.82, 2.24) is 4.90 Å². The van der Waals surface area contributed by atoms with Gasteiger partial charge in [0.05, 0.1) is 12.5 Å². The van der Waals surface area contributed by atoms with Crippen LogP contribution in [0.1, 0.15) is 24.0 Å². The fourth-order valence-electron chi connectivity index (χ4n) is 2.95. The number of carbonyl (C=O) groups excluding carboxylic acids is 1. The van der Waals surface area contributed by atoms with Gasteiger partial charge in [-0.25, -0.2) is 0 Å². The monoisotopic (exact) mass is 292 g/mol. The van der Waals surface area contributed by atoms with E-state index >= 15 is 0 Å². The van der Waals surface area contributed by atoms with Crippen LogP contribution in [0.15, 0.2) is 24.3 Å². The molecular weight excluding hydrogens is 272 g/mol. The lowest BCUT2D eigenvalue weighted by Gasteiger charge is -2.26. The number of hydrogen-bond donors (Lipinski definition) is 0. The van der Waals surface area contributed by atoms with Gasteiger partial charge in [-0.2, -0.15) is 0 Å². The van der Waals surface area contributed by atoms with E-state index in [9.17, 15) is 14.9 Å². The summed E-state index contributed by atoms with van der Waals surface area (Å²) in [6.07, 6.45) is 0. The number of nitro groups is 1. The van der Waals surface area contributed by atoms with E-state index < -0.39 is 11.5 Å². The number of likely N-dealkylation sites (N-methyl/N-ethyl adjacent to an activating group) is 1. The molecule has 1 fully saturated rings. The average Bonchev–Trinajstić information content (AvgIpc) is 2.75. The topological polar surface area (TPSA) is 72.7 Å². The first-order valence-electron chi connectivity index (χ1n) is 6.88. The van der Waals surface area contributed by atoms with Crippen molar-refractivity contribution >= 4 is 5.97 Å². The predicted octanol–water partition coefficient (Wildman–Crippen LogP) is 1.60. The van der Waals surface area contributed by atoms with Crippen molar-refractivity contribution in [3.8, 4) is 0 Å². The van der Waals surface area contributed by atoms with Crippen LogP contribution in [-0.2, 0) is 9.53 Å². The maximum absolute atomic E-state index is 11.7. The quantitative estimate of drug-likeness (QED) is 0.479. The van der Waals surface area contributed by atoms with Gasteiger partial charge < -0.3 is 4.74 Å². The summed E-state index contributed by atoms with van der Waals surface area (Å²) in [5, 5.41) is 11.7. The summed E-state index contributed by atoms with van der Waals surface area (Å²) in [4.78, 5) is 24.4. The van der Waals surface area contributed by atoms with Gasteiger partial charge in [0.1, 0.15) is 0 Å². The zero-order valence-electron chi connectivity index (χ0n) is 12.5. The van der Waals surface area contributed by atoms with Crippen molar-refractivity contribution in [2.75, 3.05) is 26.7 Å². The fourth-order valence-corrected chi connectivity index (χ4v) is 2.95. The molecule has 0 aliphatic carbocycles. The van der Waals surface area contributed by atoms with Gasteiger partial charge in [0.2, 0.25) is 0 Å². The van der Waals surface area contributed by atoms with Crippen LogP contribution in [-0.4, -0.2) is 48.1 Å². The highest BCUT2D eigenvalue weighted by atomic mass is 16.6. The van der Waals surface area contributed by atoms with Crippen LogP contribution in [0.4, 0.5) is 0 Å². The lowest BCUT2D eigenvalue weighted by Crippen LogP contribution is -2.49. The first-order chi connectivity index (χ1) is 9.85. The van der Waals surface area contributed by atoms with Crippen molar-refractivity contribution in [2.45, 2.75) is 25.3 Å². The summed E-state index contributed by atoms with van der Waals surface area (Å²) in [7, 11) is 1.85. The number of rotatable bonds is 4. The van der Waals surface area contributed by atoms with E-state index in [4.69, 9.17) is 4.74 Å². The molecule has 2 atom stereocenters. The summed E-state index contributed by atoms with van der Waals surface area (Å²) < 4.78 is 5.01. The third-order valence-electron chi connectivity index (χ3n) is 4.06. The van der Waals surface area contributed by atoms with Crippen molar-refractivity contribution in [2.24, 2.45) is 0 Å². The molecule has 0 N–H and O–H groups in total. The van der Waals surface area contributed by atoms with Crippen LogP contribution in [0.2, 0.25) is 0 Å². The zero-order valence-corrected chi connectivity index (χ0v) is 12.5. The largest absolute Gasteiger partial charge is 0.458 e. The molecule has 1 aromatic rings. The molecule has 0 bridgehead atoms. The van der Waals surface area contributed by atoms with Crippen molar-refractivity contribution < 1.29 is 14.5 Å². The molecule has 0 unspecified atom stereocenters. The summed E-state index contributed by atoms with van der Waals surface area (Å²) in [5.74, 6) is -0.786. The highest BCUT2D eigenvalue weighted by Gasteiger charge is 2.57. The number of esters is 1. The van der Waals surface area contributed by atoms with Crippen LogP contribution in [0, 0.1) is 17.0 Å². The normalized spacial score (nSPS) is 25.8. The Balaban J connectivity index is 2.37. The smallest absolute Gasteiger partial charge is 0.302 e. The molecule has 1 aliphatic heterocycles. The lowest BCUT2D eigenvalue weighted by molar-refractivity contribution is -0.572. The highest BCUT2D eigenvalue weighted by molar-refractivity contribution is 5.66. The van der Waals surface area contributed by atoms with E-state index in [-0.39, 0.29) is 24.0 Å². The van der Waals surface area contributed by atoms with Crippen LogP contribution >= 0.6 is 0 Å². The average molecular weight is 292 g/mol. The maximum atomic E-state index is 11.7. The number of hydrogen-bond acceptors (Lipinski definition) is 5. The predicted molar refractivity (Wildman–Crippen MR) is 77.8 cm³/mol. The Morgan fingerprint density at radius 3 is 2.62 bits per heavy atom. The lowest BCUT2D eigenvalue weighted by atomic mass is 9.82. The summed E-state index contributed by atoms with van der Waals surface area (Å²) >= 11 is 0. The third-order valence-corrected chi connectivity index (χ3v) is 4.06. The van der Waals surface area contributed by atoms with Crippen molar-refractivity contribution in [3.63, 3.8) is 0 Å². The Hall–Kier alpha value is -1.95. The molecule has 1 saturated heterocycles. The summed E-state index contributed by atoms with van der Waals surface area (Å²) in [5.41, 5.74) is 0.737. The maximum Gasteiger partial charge on any atom is 0.302 e. The minimum absolute atomic E-state index is 0.196. The second kappa shape index (κ2) is 5.81. The van der Waals surface area contributed by atoms with Gasteiger partial charge in [-0.05, 0) is 19.5 Å². The molecule has 6 nitrogen and oxygen atoms in total. The minimum atomic E-state index is -1.28. The Labute approximate surface area is 123 Å². The molecule has 2 rings (SSSR count). The first kappa shape index (κ1) is 15.4. The molecule has 1 heterocycles. The molecule has 0 radical (unpaired) electrons. The van der Waals surface area contributed by atoms with Crippen molar-refractivity contribution in [1.29, 1.82) is 0 Å². The molecule has 0 saturated carbocycles. The van der Waals surface area contributed by atoms with E-state index in [2.05, 4.69) is 0 Å². The fraction of sp³-hybridized carbons (Fsp3) is 0.533. The Morgan fingerprint density at radius 2 is 2.10 bits per heavy atom. The molecule has 21 heavy (non-hydrogen) atoms. The number of benzene rings is 1. The van der Waals surface area contributed by atoms with E-state index in [1.54, 1.807) is 0 Å². The molecule has 1 aromatic carbocycles. The van der Waals surface area contributed by atoms with E-state index in [0.717, 1.165) is 11.1 Å². The van der Waals surface area contributed by atoms with Crippen LogP contribution < -0.4 is 0 Å². The van der Waals surface area contributed by atoms with Gasteiger partial charge in [0.25, 0.3) is 5.54 Å². The standard InChI is InChI=1S/C15H20N2O4/c1-11-4-6-13(7-5-11)14-8-16(3)9-15(14,17(19)20)10-21-12(2)18/h4-7,14H,8-10H2,1-3H3/t14-,15-/m1/s1. The van der Waals surface area contributed by atoms with Gasteiger partial charge in [0.15, 0.2) is 6.61 Å². The summed E-state index contributed by atoms with van der Waals surface area (Å²) in [6, 6.07) is 7.74. The van der Waals surface area contributed by atoms with E-state index in [0.29, 0.717) is 6.54 Å². The summed E-state index contributed by atoms with van der Waals surface area (Å²) in [6.45, 7) is 3.90. The van der Waals surface area contributed by atoms with Gasteiger partial charge in [-0.1, -0.05) is 29.8 Å². The highest BCUT2D eigenvalue weighted by Crippen LogP contribution is 2.38. The van der Waals surface area contributed by atoms with E-state index in [1.807, 2.05) is 43.1 Å². The number of likely N-dealkylation sites (tertiary alicyclic amines) is 1. The first-order valence-corrected chi connectivity index (χ1v) is 6.88. The molecule has 0 amide bonds. The van der Waals surface area contributed by atoms with Gasteiger partial charge in [0, 0.05) is 18.4 Å². The molecule has 0 spiro atoms. The van der Waals surface area contributed by atoms with Gasteiger partial charge >= 0.3 is 5.97 Å². The Bertz CT molecular complexity index is 543. The number of ether oxygens (including phenoxy) is 1. The van der Waals surface area contributed by atoms with Crippen LogP contribution in [0.25, 0.3) is 0 Å². The van der Waals surface area contributed by atoms with Crippen LogP contribution in [0.5, 0.6) is 0 Å². The molecular formula is C15H20N2O4. The van der Waals surface area contributed by atoms with Gasteiger partial charge in [-0.15, -0.1) is 0 Å². The van der Waals surface area contributed by atoms with Crippen molar-refractivity contribution in [3.05, 3.63) is 45.5 Å². The third kappa shape index (κ3) is 3.05. The second-order valence-electron chi connectivity index (χ2n) is 5.80.